The van der Waals surface area contributed by atoms with E-state index in [0.717, 1.165) is 6.07 Å². The molecule has 178 valence electrons. The Morgan fingerprint density at radius 3 is 2.09 bits per heavy atom. The molecule has 0 aromatic heterocycles. The van der Waals surface area contributed by atoms with Crippen molar-refractivity contribution in [3.05, 3.63) is 99.6 Å². The molecular weight excluding hydrogens is 460 g/mol. The number of carbonyl (C=O) groups is 1. The Morgan fingerprint density at radius 1 is 0.971 bits per heavy atom. The van der Waals surface area contributed by atoms with E-state index in [9.17, 15) is 23.3 Å². The van der Waals surface area contributed by atoms with Gasteiger partial charge in [0.05, 0.1) is 29.1 Å². The lowest BCUT2D eigenvalue weighted by Gasteiger charge is -2.23. The van der Waals surface area contributed by atoms with Gasteiger partial charge in [0, 0.05) is 25.2 Å². The van der Waals surface area contributed by atoms with Crippen LogP contribution >= 0.6 is 0 Å². The van der Waals surface area contributed by atoms with Gasteiger partial charge in [-0.25, -0.2) is 13.2 Å². The summed E-state index contributed by atoms with van der Waals surface area (Å²) in [4.78, 5) is 22.3. The number of esters is 1. The first-order chi connectivity index (χ1) is 16.2. The highest BCUT2D eigenvalue weighted by Gasteiger charge is 2.27. The van der Waals surface area contributed by atoms with Crippen LogP contribution in [0.4, 0.5) is 5.69 Å². The Morgan fingerprint density at radius 2 is 1.56 bits per heavy atom. The summed E-state index contributed by atoms with van der Waals surface area (Å²) >= 11 is 0. The molecule has 0 saturated carbocycles. The number of benzene rings is 3. The van der Waals surface area contributed by atoms with E-state index in [0.29, 0.717) is 22.4 Å². The summed E-state index contributed by atoms with van der Waals surface area (Å²) in [6.07, 6.45) is 0. The van der Waals surface area contributed by atoms with Crippen LogP contribution in [0.15, 0.2) is 77.7 Å². The van der Waals surface area contributed by atoms with Crippen molar-refractivity contribution < 1.29 is 27.6 Å². The van der Waals surface area contributed by atoms with Crippen LogP contribution < -0.4 is 4.74 Å². The Bertz CT molecular complexity index is 1260. The van der Waals surface area contributed by atoms with Crippen molar-refractivity contribution in [1.82, 2.24) is 4.31 Å². The van der Waals surface area contributed by atoms with Crippen molar-refractivity contribution >= 4 is 21.7 Å². The van der Waals surface area contributed by atoms with Gasteiger partial charge < -0.3 is 9.47 Å². The van der Waals surface area contributed by atoms with Crippen molar-refractivity contribution in [2.75, 3.05) is 13.7 Å². The molecule has 0 aliphatic heterocycles. The number of nitro benzene ring substituents is 1. The van der Waals surface area contributed by atoms with Crippen molar-refractivity contribution in [2.45, 2.75) is 24.9 Å². The zero-order valence-electron chi connectivity index (χ0n) is 18.7. The van der Waals surface area contributed by atoms with Crippen LogP contribution in [0.3, 0.4) is 0 Å². The first-order valence-electron chi connectivity index (χ1n) is 10.4. The standard InChI is InChI=1S/C24H24N2O7S/c1-3-33-24(27)20-11-7-18(8-12-20)16-25(17-19-9-13-22(32-2)14-10-19)34(30,31)23-6-4-5-21(15-23)26(28)29/h4-15H,3,16-17H2,1-2H3. The van der Waals surface area contributed by atoms with Crippen LogP contribution in [0.5, 0.6) is 5.75 Å². The van der Waals surface area contributed by atoms with Crippen molar-refractivity contribution in [3.63, 3.8) is 0 Å². The molecule has 0 aliphatic rings. The number of nitro groups is 1. The minimum atomic E-state index is -4.10. The van der Waals surface area contributed by atoms with Crippen molar-refractivity contribution in [3.8, 4) is 5.75 Å². The molecule has 0 fully saturated rings. The molecule has 3 rings (SSSR count). The van der Waals surface area contributed by atoms with Gasteiger partial charge in [-0.2, -0.15) is 4.31 Å². The van der Waals surface area contributed by atoms with E-state index >= 15 is 0 Å². The largest absolute Gasteiger partial charge is 0.497 e. The number of rotatable bonds is 10. The third kappa shape index (κ3) is 5.97. The predicted octanol–water partition coefficient (Wildman–Crippen LogP) is 4.17. The quantitative estimate of drug-likeness (QED) is 0.241. The maximum Gasteiger partial charge on any atom is 0.338 e. The number of non-ortho nitro benzene ring substituents is 1. The second-order valence-corrected chi connectivity index (χ2v) is 9.23. The van der Waals surface area contributed by atoms with Crippen LogP contribution in [0, 0.1) is 10.1 Å². The smallest absolute Gasteiger partial charge is 0.338 e. The van der Waals surface area contributed by atoms with Gasteiger partial charge in [0.25, 0.3) is 5.69 Å². The first-order valence-corrected chi connectivity index (χ1v) is 11.8. The minimum Gasteiger partial charge on any atom is -0.497 e. The molecule has 0 amide bonds. The summed E-state index contributed by atoms with van der Waals surface area (Å²) in [7, 11) is -2.56. The molecule has 34 heavy (non-hydrogen) atoms. The van der Waals surface area contributed by atoms with E-state index in [-0.39, 0.29) is 30.3 Å². The van der Waals surface area contributed by atoms with E-state index in [2.05, 4.69) is 0 Å². The van der Waals surface area contributed by atoms with Crippen LogP contribution in [0.25, 0.3) is 0 Å². The van der Waals surface area contributed by atoms with Crippen LogP contribution in [-0.2, 0) is 27.8 Å². The number of carbonyl (C=O) groups excluding carboxylic acids is 1. The van der Waals surface area contributed by atoms with Gasteiger partial charge in [-0.3, -0.25) is 10.1 Å². The number of hydrogen-bond donors (Lipinski definition) is 0. The molecule has 0 unspecified atom stereocenters. The third-order valence-electron chi connectivity index (χ3n) is 5.01. The Kier molecular flexibility index (Phi) is 7.98. The zero-order chi connectivity index (χ0) is 24.7. The monoisotopic (exact) mass is 484 g/mol. The lowest BCUT2D eigenvalue weighted by molar-refractivity contribution is -0.385. The van der Waals surface area contributed by atoms with Gasteiger partial charge in [-0.1, -0.05) is 30.3 Å². The second kappa shape index (κ2) is 10.9. The van der Waals surface area contributed by atoms with E-state index in [1.807, 2.05) is 0 Å². The summed E-state index contributed by atoms with van der Waals surface area (Å²) in [5.74, 6) is 0.166. The molecule has 0 heterocycles. The fraction of sp³-hybridized carbons (Fsp3) is 0.208. The average Bonchev–Trinajstić information content (AvgIpc) is 2.84. The van der Waals surface area contributed by atoms with E-state index in [1.165, 1.54) is 29.6 Å². The van der Waals surface area contributed by atoms with Gasteiger partial charge >= 0.3 is 5.97 Å². The maximum atomic E-state index is 13.5. The van der Waals surface area contributed by atoms with Crippen LogP contribution in [-0.4, -0.2) is 37.3 Å². The molecule has 0 aliphatic carbocycles. The van der Waals surface area contributed by atoms with Gasteiger partial charge in [0.2, 0.25) is 10.0 Å². The van der Waals surface area contributed by atoms with Gasteiger partial charge in [-0.05, 0) is 48.4 Å². The molecule has 0 bridgehead atoms. The minimum absolute atomic E-state index is 0.0137. The van der Waals surface area contributed by atoms with Gasteiger partial charge in [0.15, 0.2) is 0 Å². The van der Waals surface area contributed by atoms with Gasteiger partial charge in [0.1, 0.15) is 5.75 Å². The van der Waals surface area contributed by atoms with E-state index in [1.54, 1.807) is 55.5 Å². The summed E-state index contributed by atoms with van der Waals surface area (Å²) in [5.41, 5.74) is 1.38. The number of methoxy groups -OCH3 is 1. The first kappa shape index (κ1) is 24.9. The zero-order valence-corrected chi connectivity index (χ0v) is 19.5. The topological polar surface area (TPSA) is 116 Å². The SMILES string of the molecule is CCOC(=O)c1ccc(CN(Cc2ccc(OC)cc2)S(=O)(=O)c2cccc([N+](=O)[O-])c2)cc1. The Labute approximate surface area is 197 Å². The van der Waals surface area contributed by atoms with Crippen LogP contribution in [0.2, 0.25) is 0 Å². The fourth-order valence-electron chi connectivity index (χ4n) is 3.23. The molecular formula is C24H24N2O7S. The number of nitrogens with zero attached hydrogens (tertiary/aromatic N) is 2. The van der Waals surface area contributed by atoms with E-state index in [4.69, 9.17) is 9.47 Å². The maximum absolute atomic E-state index is 13.5. The Hall–Kier alpha value is -3.76. The predicted molar refractivity (Wildman–Crippen MR) is 125 cm³/mol. The summed E-state index contributed by atoms with van der Waals surface area (Å²) in [5, 5.41) is 11.2. The Balaban J connectivity index is 1.95. The highest BCUT2D eigenvalue weighted by molar-refractivity contribution is 7.89. The lowest BCUT2D eigenvalue weighted by Crippen LogP contribution is -2.30. The lowest BCUT2D eigenvalue weighted by atomic mass is 10.1. The molecule has 0 saturated heterocycles. The molecule has 0 N–H and O–H groups in total. The highest BCUT2D eigenvalue weighted by atomic mass is 32.2. The van der Waals surface area contributed by atoms with Crippen molar-refractivity contribution in [1.29, 1.82) is 0 Å². The summed E-state index contributed by atoms with van der Waals surface area (Å²) in [6, 6.07) is 18.3. The van der Waals surface area contributed by atoms with Crippen LogP contribution in [0.1, 0.15) is 28.4 Å². The highest BCUT2D eigenvalue weighted by Crippen LogP contribution is 2.25. The molecule has 0 spiro atoms. The van der Waals surface area contributed by atoms with Crippen molar-refractivity contribution in [2.24, 2.45) is 0 Å². The molecule has 10 heteroatoms. The van der Waals surface area contributed by atoms with E-state index < -0.39 is 20.9 Å². The average molecular weight is 485 g/mol. The fourth-order valence-corrected chi connectivity index (χ4v) is 4.69. The normalized spacial score (nSPS) is 11.3. The number of ether oxygens (including phenoxy) is 2. The molecule has 0 radical (unpaired) electrons. The second-order valence-electron chi connectivity index (χ2n) is 7.29. The molecule has 9 nitrogen and oxygen atoms in total. The third-order valence-corrected chi connectivity index (χ3v) is 6.80. The molecule has 3 aromatic rings. The summed E-state index contributed by atoms with van der Waals surface area (Å²) in [6.45, 7) is 1.97. The molecule has 3 aromatic carbocycles. The number of sulfonamides is 1. The number of hydrogen-bond acceptors (Lipinski definition) is 7. The summed E-state index contributed by atoms with van der Waals surface area (Å²) < 4.78 is 38.4. The van der Waals surface area contributed by atoms with Gasteiger partial charge in [-0.15, -0.1) is 0 Å². The molecule has 0 atom stereocenters.